The number of hydrogen-bond acceptors (Lipinski definition) is 2. The largest absolute Gasteiger partial charge is 0.293 e. The number of carbonyl (C=O) groups is 2. The molecule has 1 aliphatic rings. The van der Waals surface area contributed by atoms with Crippen LogP contribution in [0.25, 0.3) is 0 Å². The molecule has 0 spiro atoms. The molecule has 0 radical (unpaired) electrons. The van der Waals surface area contributed by atoms with Crippen molar-refractivity contribution in [3.05, 3.63) is 71.3 Å². The Bertz CT molecular complexity index is 686. The van der Waals surface area contributed by atoms with Gasteiger partial charge in [0.15, 0.2) is 11.6 Å². The molecule has 21 heavy (non-hydrogen) atoms. The molecule has 1 aliphatic carbocycles. The fourth-order valence-electron chi connectivity index (χ4n) is 3.45. The van der Waals surface area contributed by atoms with E-state index in [1.54, 1.807) is 12.1 Å². The van der Waals surface area contributed by atoms with Crippen molar-refractivity contribution in [2.45, 2.75) is 26.2 Å². The molecule has 0 N–H and O–H groups in total. The lowest BCUT2D eigenvalue weighted by Gasteiger charge is -2.39. The zero-order chi connectivity index (χ0) is 15.3. The van der Waals surface area contributed by atoms with Gasteiger partial charge in [0.25, 0.3) is 0 Å². The molecular weight excluding hydrogens is 260 g/mol. The van der Waals surface area contributed by atoms with Gasteiger partial charge in [-0.2, -0.15) is 0 Å². The summed E-state index contributed by atoms with van der Waals surface area (Å²) in [5, 5.41) is 0. The Hall–Kier alpha value is -2.22. The fourth-order valence-corrected chi connectivity index (χ4v) is 3.45. The van der Waals surface area contributed by atoms with Gasteiger partial charge in [-0.25, -0.2) is 0 Å². The van der Waals surface area contributed by atoms with Crippen LogP contribution in [0.1, 0.15) is 47.1 Å². The third-order valence-corrected chi connectivity index (χ3v) is 4.43. The molecule has 0 fully saturated rings. The number of fused-ring (bicyclic) bond motifs is 1. The Morgan fingerprint density at radius 3 is 1.57 bits per heavy atom. The van der Waals surface area contributed by atoms with E-state index in [0.717, 1.165) is 5.56 Å². The Morgan fingerprint density at radius 2 is 1.14 bits per heavy atom. The number of hydrogen-bond donors (Lipinski definition) is 0. The monoisotopic (exact) mass is 278 g/mol. The molecule has 2 aromatic carbocycles. The van der Waals surface area contributed by atoms with E-state index in [9.17, 15) is 9.59 Å². The van der Waals surface area contributed by atoms with Crippen LogP contribution in [0.2, 0.25) is 0 Å². The second kappa shape index (κ2) is 4.39. The van der Waals surface area contributed by atoms with Gasteiger partial charge in [0.05, 0.1) is 0 Å². The summed E-state index contributed by atoms with van der Waals surface area (Å²) < 4.78 is 0. The van der Waals surface area contributed by atoms with Gasteiger partial charge in [0.2, 0.25) is 0 Å². The summed E-state index contributed by atoms with van der Waals surface area (Å²) in [7, 11) is 0. The molecule has 2 aromatic rings. The van der Waals surface area contributed by atoms with Crippen molar-refractivity contribution >= 4 is 11.6 Å². The highest BCUT2D eigenvalue weighted by atomic mass is 16.2. The van der Waals surface area contributed by atoms with E-state index >= 15 is 0 Å². The smallest absolute Gasteiger partial charge is 0.182 e. The molecule has 2 heteroatoms. The predicted molar refractivity (Wildman–Crippen MR) is 82.7 cm³/mol. The average molecular weight is 278 g/mol. The van der Waals surface area contributed by atoms with Gasteiger partial charge in [-0.3, -0.25) is 9.59 Å². The van der Waals surface area contributed by atoms with Crippen LogP contribution in [0.3, 0.4) is 0 Å². The third-order valence-electron chi connectivity index (χ3n) is 4.43. The van der Waals surface area contributed by atoms with Crippen molar-refractivity contribution in [1.82, 2.24) is 0 Å². The van der Waals surface area contributed by atoms with Gasteiger partial charge < -0.3 is 0 Å². The SMILES string of the molecule is CC(C)(C)C1(c2ccccc2)C(=O)c2ccccc2C1=O. The maximum absolute atomic E-state index is 13.2. The zero-order valence-corrected chi connectivity index (χ0v) is 12.5. The maximum Gasteiger partial charge on any atom is 0.182 e. The molecule has 0 aromatic heterocycles. The molecule has 0 aliphatic heterocycles. The average Bonchev–Trinajstić information content (AvgIpc) is 2.70. The summed E-state index contributed by atoms with van der Waals surface area (Å²) in [5.41, 5.74) is 0.241. The minimum absolute atomic E-state index is 0.0817. The van der Waals surface area contributed by atoms with Crippen LogP contribution in [0, 0.1) is 5.41 Å². The number of Topliss-reactive ketones (excluding diaryl/α,β-unsaturated/α-hetero) is 2. The van der Waals surface area contributed by atoms with Crippen molar-refractivity contribution in [2.24, 2.45) is 5.41 Å². The van der Waals surface area contributed by atoms with Gasteiger partial charge in [-0.15, -0.1) is 0 Å². The second-order valence-corrected chi connectivity index (χ2v) is 6.57. The van der Waals surface area contributed by atoms with E-state index < -0.39 is 10.8 Å². The summed E-state index contributed by atoms with van der Waals surface area (Å²) in [4.78, 5) is 26.3. The van der Waals surface area contributed by atoms with Crippen molar-refractivity contribution in [2.75, 3.05) is 0 Å². The summed E-state index contributed by atoms with van der Waals surface area (Å²) >= 11 is 0. The van der Waals surface area contributed by atoms with E-state index in [2.05, 4.69) is 0 Å². The maximum atomic E-state index is 13.2. The van der Waals surface area contributed by atoms with Gasteiger partial charge in [0, 0.05) is 11.1 Å². The molecule has 0 heterocycles. The summed E-state index contributed by atoms with van der Waals surface area (Å²) in [6, 6.07) is 16.6. The van der Waals surface area contributed by atoms with Crippen LogP contribution in [0.5, 0.6) is 0 Å². The van der Waals surface area contributed by atoms with E-state index in [-0.39, 0.29) is 11.6 Å². The fraction of sp³-hybridized carbons (Fsp3) is 0.263. The summed E-state index contributed by atoms with van der Waals surface area (Å²) in [6.07, 6.45) is 0. The molecule has 0 bridgehead atoms. The van der Waals surface area contributed by atoms with E-state index in [1.165, 1.54) is 0 Å². The lowest BCUT2D eigenvalue weighted by molar-refractivity contribution is 0.0648. The molecule has 0 unspecified atom stereocenters. The van der Waals surface area contributed by atoms with Crippen LogP contribution in [0.4, 0.5) is 0 Å². The molecule has 3 rings (SSSR count). The van der Waals surface area contributed by atoms with E-state index in [4.69, 9.17) is 0 Å². The van der Waals surface area contributed by atoms with Crippen LogP contribution >= 0.6 is 0 Å². The van der Waals surface area contributed by atoms with Gasteiger partial charge in [-0.05, 0) is 11.0 Å². The molecule has 0 saturated heterocycles. The highest BCUT2D eigenvalue weighted by molar-refractivity contribution is 6.33. The number of rotatable bonds is 1. The first kappa shape index (κ1) is 13.7. The Labute approximate surface area is 124 Å². The first-order chi connectivity index (χ1) is 9.90. The summed E-state index contributed by atoms with van der Waals surface area (Å²) in [5.74, 6) is -0.163. The molecule has 0 amide bonds. The van der Waals surface area contributed by atoms with Crippen LogP contribution < -0.4 is 0 Å². The minimum atomic E-state index is -1.13. The van der Waals surface area contributed by atoms with Crippen molar-refractivity contribution in [3.63, 3.8) is 0 Å². The molecule has 0 atom stereocenters. The Balaban J connectivity index is 2.35. The predicted octanol–water partition coefficient (Wildman–Crippen LogP) is 4.05. The highest BCUT2D eigenvalue weighted by Crippen LogP contribution is 2.50. The Kier molecular flexibility index (Phi) is 2.87. The van der Waals surface area contributed by atoms with Gasteiger partial charge in [-0.1, -0.05) is 75.4 Å². The molecular formula is C19H18O2. The second-order valence-electron chi connectivity index (χ2n) is 6.57. The highest BCUT2D eigenvalue weighted by Gasteiger charge is 2.60. The number of benzene rings is 2. The van der Waals surface area contributed by atoms with Crippen molar-refractivity contribution < 1.29 is 9.59 Å². The van der Waals surface area contributed by atoms with Crippen molar-refractivity contribution in [1.29, 1.82) is 0 Å². The van der Waals surface area contributed by atoms with Crippen LogP contribution in [-0.2, 0) is 5.41 Å². The lowest BCUT2D eigenvalue weighted by atomic mass is 9.60. The molecule has 2 nitrogen and oxygen atoms in total. The first-order valence-corrected chi connectivity index (χ1v) is 7.15. The minimum Gasteiger partial charge on any atom is -0.293 e. The first-order valence-electron chi connectivity index (χ1n) is 7.15. The standard InChI is InChI=1S/C19H18O2/c1-18(2,3)19(13-9-5-4-6-10-13)16(20)14-11-7-8-12-15(14)17(19)21/h4-12H,1-3H3. The normalized spacial score (nSPS) is 16.9. The Morgan fingerprint density at radius 1 is 0.714 bits per heavy atom. The third kappa shape index (κ3) is 1.65. The van der Waals surface area contributed by atoms with Crippen LogP contribution in [-0.4, -0.2) is 11.6 Å². The number of carbonyl (C=O) groups excluding carboxylic acids is 2. The molecule has 106 valence electrons. The summed E-state index contributed by atoms with van der Waals surface area (Å²) in [6.45, 7) is 5.88. The lowest BCUT2D eigenvalue weighted by Crippen LogP contribution is -2.49. The topological polar surface area (TPSA) is 34.1 Å². The van der Waals surface area contributed by atoms with Gasteiger partial charge in [0.1, 0.15) is 5.41 Å². The van der Waals surface area contributed by atoms with Crippen molar-refractivity contribution in [3.8, 4) is 0 Å². The molecule has 0 saturated carbocycles. The van der Waals surface area contributed by atoms with E-state index in [1.807, 2.05) is 63.2 Å². The van der Waals surface area contributed by atoms with Crippen LogP contribution in [0.15, 0.2) is 54.6 Å². The van der Waals surface area contributed by atoms with E-state index in [0.29, 0.717) is 11.1 Å². The quantitative estimate of drug-likeness (QED) is 0.737. The number of ketones is 2. The van der Waals surface area contributed by atoms with Gasteiger partial charge >= 0.3 is 0 Å². The zero-order valence-electron chi connectivity index (χ0n) is 12.5.